The summed E-state index contributed by atoms with van der Waals surface area (Å²) in [7, 11) is 0. The summed E-state index contributed by atoms with van der Waals surface area (Å²) in [6.45, 7) is 0.180. The van der Waals surface area contributed by atoms with E-state index in [9.17, 15) is 14.0 Å². The number of carbonyl (C=O) groups is 2. The number of hydrogen-bond donors (Lipinski definition) is 2. The molecule has 128 valence electrons. The Hall–Kier alpha value is -3.40. The van der Waals surface area contributed by atoms with E-state index in [0.717, 1.165) is 5.56 Å². The van der Waals surface area contributed by atoms with Gasteiger partial charge in [0, 0.05) is 13.1 Å². The van der Waals surface area contributed by atoms with Crippen LogP contribution in [0.4, 0.5) is 9.18 Å². The Morgan fingerprint density at radius 1 is 1.12 bits per heavy atom. The lowest BCUT2D eigenvalue weighted by molar-refractivity contribution is -0.131. The topological polar surface area (TPSA) is 99.2 Å². The Kier molecular flexibility index (Phi) is 6.07. The molecule has 0 spiro atoms. The third-order valence-electron chi connectivity index (χ3n) is 3.49. The van der Waals surface area contributed by atoms with Gasteiger partial charge in [-0.05, 0) is 35.4 Å². The van der Waals surface area contributed by atoms with Crippen LogP contribution in [0.15, 0.2) is 48.5 Å². The number of benzene rings is 2. The number of urea groups is 1. The smallest absolute Gasteiger partial charge is 0.312 e. The molecule has 2 aromatic carbocycles. The van der Waals surface area contributed by atoms with Gasteiger partial charge in [-0.2, -0.15) is 5.26 Å². The molecule has 0 atom stereocenters. The maximum Gasteiger partial charge on any atom is 0.312 e. The van der Waals surface area contributed by atoms with Crippen molar-refractivity contribution in [3.63, 3.8) is 0 Å². The van der Waals surface area contributed by atoms with Crippen LogP contribution in [0.5, 0.6) is 0 Å². The van der Waals surface area contributed by atoms with Crippen molar-refractivity contribution < 1.29 is 14.0 Å². The van der Waals surface area contributed by atoms with Crippen LogP contribution in [0.25, 0.3) is 0 Å². The molecule has 0 radical (unpaired) electrons. The number of halogens is 1. The van der Waals surface area contributed by atoms with Crippen LogP contribution < -0.4 is 11.1 Å². The van der Waals surface area contributed by atoms with Crippen molar-refractivity contribution in [1.82, 2.24) is 10.2 Å². The van der Waals surface area contributed by atoms with E-state index in [-0.39, 0.29) is 25.5 Å². The standard InChI is InChI=1S/C18H17FN4O2/c19-16-3-1-2-15(8-16)12-23(17(24)10-22-18(21)25)11-14-6-4-13(9-20)5-7-14/h1-8H,10-12H2,(H3,21,22,25). The Morgan fingerprint density at radius 2 is 1.80 bits per heavy atom. The van der Waals surface area contributed by atoms with E-state index in [2.05, 4.69) is 5.32 Å². The molecule has 2 rings (SSSR count). The predicted octanol–water partition coefficient (Wildman–Crippen LogP) is 1.89. The summed E-state index contributed by atoms with van der Waals surface area (Å²) in [6.07, 6.45) is 0. The number of rotatable bonds is 6. The molecule has 0 unspecified atom stereocenters. The molecule has 0 aromatic heterocycles. The molecule has 6 nitrogen and oxygen atoms in total. The van der Waals surface area contributed by atoms with E-state index >= 15 is 0 Å². The van der Waals surface area contributed by atoms with Crippen LogP contribution in [-0.4, -0.2) is 23.4 Å². The summed E-state index contributed by atoms with van der Waals surface area (Å²) in [5, 5.41) is 11.1. The SMILES string of the molecule is N#Cc1ccc(CN(Cc2cccc(F)c2)C(=O)CNC(N)=O)cc1. The van der Waals surface area contributed by atoms with Gasteiger partial charge in [0.2, 0.25) is 5.91 Å². The highest BCUT2D eigenvalue weighted by molar-refractivity contribution is 5.83. The molecule has 7 heteroatoms. The predicted molar refractivity (Wildman–Crippen MR) is 89.4 cm³/mol. The first-order valence-corrected chi connectivity index (χ1v) is 7.52. The number of primary amides is 1. The van der Waals surface area contributed by atoms with Crippen molar-refractivity contribution in [2.24, 2.45) is 5.73 Å². The monoisotopic (exact) mass is 340 g/mol. The summed E-state index contributed by atoms with van der Waals surface area (Å²) in [5.41, 5.74) is 6.95. The summed E-state index contributed by atoms with van der Waals surface area (Å²) in [5.74, 6) is -0.744. The Bertz CT molecular complexity index is 799. The molecule has 3 N–H and O–H groups in total. The van der Waals surface area contributed by atoms with Crippen molar-refractivity contribution in [1.29, 1.82) is 5.26 Å². The quantitative estimate of drug-likeness (QED) is 0.840. The second kappa shape index (κ2) is 8.45. The van der Waals surface area contributed by atoms with E-state index < -0.39 is 11.8 Å². The summed E-state index contributed by atoms with van der Waals surface area (Å²) < 4.78 is 13.4. The van der Waals surface area contributed by atoms with E-state index in [0.29, 0.717) is 11.1 Å². The summed E-state index contributed by atoms with van der Waals surface area (Å²) in [4.78, 5) is 24.7. The van der Waals surface area contributed by atoms with Crippen LogP contribution in [-0.2, 0) is 17.9 Å². The van der Waals surface area contributed by atoms with Gasteiger partial charge < -0.3 is 16.0 Å². The molecule has 0 aliphatic heterocycles. The minimum Gasteiger partial charge on any atom is -0.352 e. The lowest BCUT2D eigenvalue weighted by atomic mass is 10.1. The fraction of sp³-hybridized carbons (Fsp3) is 0.167. The van der Waals surface area contributed by atoms with Crippen molar-refractivity contribution in [3.05, 3.63) is 71.0 Å². The minimum atomic E-state index is -0.794. The summed E-state index contributed by atoms with van der Waals surface area (Å²) in [6, 6.07) is 14.0. The molecule has 25 heavy (non-hydrogen) atoms. The number of nitrogens with zero attached hydrogens (tertiary/aromatic N) is 2. The first-order chi connectivity index (χ1) is 12.0. The van der Waals surface area contributed by atoms with Crippen LogP contribution in [0.3, 0.4) is 0 Å². The van der Waals surface area contributed by atoms with Crippen LogP contribution in [0, 0.1) is 17.1 Å². The Balaban J connectivity index is 2.16. The van der Waals surface area contributed by atoms with Gasteiger partial charge in [-0.1, -0.05) is 24.3 Å². The van der Waals surface area contributed by atoms with Crippen molar-refractivity contribution in [2.75, 3.05) is 6.54 Å². The van der Waals surface area contributed by atoms with Gasteiger partial charge in [0.15, 0.2) is 0 Å². The second-order valence-electron chi connectivity index (χ2n) is 5.41. The Morgan fingerprint density at radius 3 is 2.40 bits per heavy atom. The molecule has 0 fully saturated rings. The third kappa shape index (κ3) is 5.62. The van der Waals surface area contributed by atoms with Crippen LogP contribution >= 0.6 is 0 Å². The molecular weight excluding hydrogens is 323 g/mol. The van der Waals surface area contributed by atoms with Gasteiger partial charge in [0.1, 0.15) is 5.82 Å². The van der Waals surface area contributed by atoms with Gasteiger partial charge in [-0.3, -0.25) is 4.79 Å². The maximum absolute atomic E-state index is 13.4. The first-order valence-electron chi connectivity index (χ1n) is 7.52. The highest BCUT2D eigenvalue weighted by Gasteiger charge is 2.15. The third-order valence-corrected chi connectivity index (χ3v) is 3.49. The number of nitrogens with two attached hydrogens (primary N) is 1. The van der Waals surface area contributed by atoms with E-state index in [1.807, 2.05) is 6.07 Å². The minimum absolute atomic E-state index is 0.178. The number of nitrogens with one attached hydrogen (secondary N) is 1. The second-order valence-corrected chi connectivity index (χ2v) is 5.41. The largest absolute Gasteiger partial charge is 0.352 e. The molecule has 0 saturated carbocycles. The zero-order chi connectivity index (χ0) is 18.2. The highest BCUT2D eigenvalue weighted by atomic mass is 19.1. The first kappa shape index (κ1) is 17.9. The molecule has 0 saturated heterocycles. The average Bonchev–Trinajstić information content (AvgIpc) is 2.59. The van der Waals surface area contributed by atoms with Crippen molar-refractivity contribution >= 4 is 11.9 Å². The lowest BCUT2D eigenvalue weighted by Gasteiger charge is -2.23. The van der Waals surface area contributed by atoms with Crippen LogP contribution in [0.1, 0.15) is 16.7 Å². The van der Waals surface area contributed by atoms with Gasteiger partial charge in [-0.15, -0.1) is 0 Å². The van der Waals surface area contributed by atoms with Gasteiger partial charge >= 0.3 is 6.03 Å². The highest BCUT2D eigenvalue weighted by Crippen LogP contribution is 2.12. The van der Waals surface area contributed by atoms with E-state index in [1.54, 1.807) is 36.4 Å². The van der Waals surface area contributed by atoms with E-state index in [4.69, 9.17) is 11.0 Å². The number of amides is 3. The molecule has 0 aliphatic rings. The van der Waals surface area contributed by atoms with Crippen molar-refractivity contribution in [2.45, 2.75) is 13.1 Å². The molecular formula is C18H17FN4O2. The lowest BCUT2D eigenvalue weighted by Crippen LogP contribution is -2.41. The number of carbonyl (C=O) groups excluding carboxylic acids is 2. The fourth-order valence-corrected chi connectivity index (χ4v) is 2.27. The molecule has 3 amide bonds. The van der Waals surface area contributed by atoms with Crippen molar-refractivity contribution in [3.8, 4) is 6.07 Å². The molecule has 2 aromatic rings. The van der Waals surface area contributed by atoms with Gasteiger partial charge in [-0.25, -0.2) is 9.18 Å². The molecule has 0 heterocycles. The normalized spacial score (nSPS) is 9.92. The molecule has 0 bridgehead atoms. The average molecular weight is 340 g/mol. The zero-order valence-electron chi connectivity index (χ0n) is 13.4. The number of hydrogen-bond acceptors (Lipinski definition) is 3. The fourth-order valence-electron chi connectivity index (χ4n) is 2.27. The summed E-state index contributed by atoms with van der Waals surface area (Å²) >= 11 is 0. The number of nitriles is 1. The molecule has 0 aliphatic carbocycles. The van der Waals surface area contributed by atoms with Gasteiger partial charge in [0.25, 0.3) is 0 Å². The zero-order valence-corrected chi connectivity index (χ0v) is 13.4. The Labute approximate surface area is 144 Å². The van der Waals surface area contributed by atoms with Crippen LogP contribution in [0.2, 0.25) is 0 Å². The van der Waals surface area contributed by atoms with E-state index in [1.165, 1.54) is 17.0 Å². The van der Waals surface area contributed by atoms with Gasteiger partial charge in [0.05, 0.1) is 18.2 Å². The maximum atomic E-state index is 13.4.